The van der Waals surface area contributed by atoms with Gasteiger partial charge in [0.1, 0.15) is 11.6 Å². The number of piperidine rings is 1. The summed E-state index contributed by atoms with van der Waals surface area (Å²) in [5.74, 6) is -0.507. The zero-order chi connectivity index (χ0) is 13.1. The average Bonchev–Trinajstić information content (AvgIpc) is 2.25. The first kappa shape index (κ1) is 13.7. The Morgan fingerprint density at radius 2 is 2.00 bits per heavy atom. The van der Waals surface area contributed by atoms with Crippen molar-refractivity contribution < 1.29 is 14.3 Å². The quantitative estimate of drug-likeness (QED) is 0.546. The van der Waals surface area contributed by atoms with Gasteiger partial charge >= 0.3 is 5.97 Å². The van der Waals surface area contributed by atoms with E-state index in [9.17, 15) is 9.59 Å². The van der Waals surface area contributed by atoms with Gasteiger partial charge in [-0.05, 0) is 46.1 Å². The summed E-state index contributed by atoms with van der Waals surface area (Å²) in [4.78, 5) is 25.2. The first-order valence-corrected chi connectivity index (χ1v) is 6.01. The third-order valence-electron chi connectivity index (χ3n) is 2.64. The van der Waals surface area contributed by atoms with Gasteiger partial charge in [0.25, 0.3) is 0 Å². The fourth-order valence-corrected chi connectivity index (χ4v) is 1.93. The highest BCUT2D eigenvalue weighted by atomic mass is 16.6. The van der Waals surface area contributed by atoms with Crippen LogP contribution in [0.2, 0.25) is 0 Å². The monoisotopic (exact) mass is 239 g/mol. The number of likely N-dealkylation sites (tertiary alicyclic amines) is 1. The van der Waals surface area contributed by atoms with E-state index < -0.39 is 11.6 Å². The van der Waals surface area contributed by atoms with Crippen LogP contribution in [0.25, 0.3) is 0 Å². The predicted molar refractivity (Wildman–Crippen MR) is 65.4 cm³/mol. The zero-order valence-corrected chi connectivity index (χ0v) is 10.9. The first-order chi connectivity index (χ1) is 7.85. The molecule has 0 aromatic carbocycles. The van der Waals surface area contributed by atoms with Crippen LogP contribution in [-0.4, -0.2) is 35.0 Å². The molecule has 0 aliphatic carbocycles. The lowest BCUT2D eigenvalue weighted by Crippen LogP contribution is -2.49. The van der Waals surface area contributed by atoms with Crippen LogP contribution in [0.4, 0.5) is 0 Å². The van der Waals surface area contributed by atoms with Crippen LogP contribution >= 0.6 is 0 Å². The molecule has 0 aromatic heterocycles. The molecule has 4 nitrogen and oxygen atoms in total. The molecule has 0 spiro atoms. The van der Waals surface area contributed by atoms with E-state index in [0.29, 0.717) is 13.0 Å². The third kappa shape index (κ3) is 3.88. The summed E-state index contributed by atoms with van der Waals surface area (Å²) in [6, 6.07) is -0.450. The molecule has 1 aliphatic rings. The van der Waals surface area contributed by atoms with Gasteiger partial charge in [-0.1, -0.05) is 6.58 Å². The predicted octanol–water partition coefficient (Wildman–Crippen LogP) is 1.90. The Bertz CT molecular complexity index is 317. The maximum Gasteiger partial charge on any atom is 0.329 e. The number of nitrogens with zero attached hydrogens (tertiary/aromatic N) is 1. The van der Waals surface area contributed by atoms with Crippen LogP contribution in [0.3, 0.4) is 0 Å². The van der Waals surface area contributed by atoms with Gasteiger partial charge in [0.15, 0.2) is 0 Å². The smallest absolute Gasteiger partial charge is 0.329 e. The van der Waals surface area contributed by atoms with Crippen LogP contribution < -0.4 is 0 Å². The Balaban J connectivity index is 2.74. The highest BCUT2D eigenvalue weighted by Gasteiger charge is 2.34. The minimum Gasteiger partial charge on any atom is -0.458 e. The topological polar surface area (TPSA) is 46.6 Å². The van der Waals surface area contributed by atoms with Crippen molar-refractivity contribution in [3.05, 3.63) is 12.7 Å². The standard InChI is InChI=1S/C13H21NO3/c1-5-11(15)14-9-7-6-8-10(14)12(16)17-13(2,3)4/h5,10H,1,6-9H2,2-4H3/t10-/m1/s1. The van der Waals surface area contributed by atoms with E-state index in [0.717, 1.165) is 12.8 Å². The van der Waals surface area contributed by atoms with E-state index in [1.165, 1.54) is 6.08 Å². The normalized spacial score (nSPS) is 20.9. The molecule has 0 unspecified atom stereocenters. The second kappa shape index (κ2) is 5.34. The molecule has 0 saturated carbocycles. The van der Waals surface area contributed by atoms with Crippen molar-refractivity contribution in [2.24, 2.45) is 0 Å². The summed E-state index contributed by atoms with van der Waals surface area (Å²) < 4.78 is 5.33. The Labute approximate surface area is 103 Å². The van der Waals surface area contributed by atoms with Crippen LogP contribution in [0, 0.1) is 0 Å². The molecule has 1 atom stereocenters. The highest BCUT2D eigenvalue weighted by molar-refractivity contribution is 5.91. The van der Waals surface area contributed by atoms with Gasteiger partial charge in [0.2, 0.25) is 5.91 Å². The van der Waals surface area contributed by atoms with Crippen molar-refractivity contribution in [1.29, 1.82) is 0 Å². The summed E-state index contributed by atoms with van der Waals surface area (Å²) in [6.45, 7) is 9.55. The molecule has 0 bridgehead atoms. The minimum atomic E-state index is -0.516. The van der Waals surface area contributed by atoms with Crippen molar-refractivity contribution in [3.8, 4) is 0 Å². The molecule has 0 N–H and O–H groups in total. The number of hydrogen-bond acceptors (Lipinski definition) is 3. The fraction of sp³-hybridized carbons (Fsp3) is 0.692. The molecule has 1 fully saturated rings. The molecular formula is C13H21NO3. The summed E-state index contributed by atoms with van der Waals surface area (Å²) in [5, 5.41) is 0. The largest absolute Gasteiger partial charge is 0.458 e. The van der Waals surface area contributed by atoms with Crippen molar-refractivity contribution >= 4 is 11.9 Å². The zero-order valence-electron chi connectivity index (χ0n) is 10.9. The molecule has 4 heteroatoms. The maximum absolute atomic E-state index is 12.0. The second-order valence-corrected chi connectivity index (χ2v) is 5.28. The van der Waals surface area contributed by atoms with Gasteiger partial charge < -0.3 is 9.64 Å². The van der Waals surface area contributed by atoms with Crippen molar-refractivity contribution in [2.75, 3.05) is 6.54 Å². The molecule has 0 radical (unpaired) electrons. The number of carbonyl (C=O) groups excluding carboxylic acids is 2. The molecule has 17 heavy (non-hydrogen) atoms. The lowest BCUT2D eigenvalue weighted by atomic mass is 10.0. The number of carbonyl (C=O) groups is 2. The van der Waals surface area contributed by atoms with E-state index >= 15 is 0 Å². The third-order valence-corrected chi connectivity index (χ3v) is 2.64. The van der Waals surface area contributed by atoms with Crippen molar-refractivity contribution in [2.45, 2.75) is 51.7 Å². The highest BCUT2D eigenvalue weighted by Crippen LogP contribution is 2.20. The van der Waals surface area contributed by atoms with E-state index in [1.807, 2.05) is 20.8 Å². The molecule has 1 amide bonds. The van der Waals surface area contributed by atoms with Crippen LogP contribution in [0.15, 0.2) is 12.7 Å². The van der Waals surface area contributed by atoms with Gasteiger partial charge in [0.05, 0.1) is 0 Å². The number of hydrogen-bond donors (Lipinski definition) is 0. The summed E-state index contributed by atoms with van der Waals surface area (Å²) in [6.07, 6.45) is 3.81. The molecule has 1 heterocycles. The first-order valence-electron chi connectivity index (χ1n) is 6.01. The second-order valence-electron chi connectivity index (χ2n) is 5.28. The maximum atomic E-state index is 12.0. The van der Waals surface area contributed by atoms with Crippen molar-refractivity contribution in [3.63, 3.8) is 0 Å². The fourth-order valence-electron chi connectivity index (χ4n) is 1.93. The van der Waals surface area contributed by atoms with Gasteiger partial charge in [-0.25, -0.2) is 4.79 Å². The molecule has 96 valence electrons. The Kier molecular flexibility index (Phi) is 4.32. The minimum absolute atomic E-state index is 0.194. The summed E-state index contributed by atoms with van der Waals surface area (Å²) in [5.41, 5.74) is -0.516. The Morgan fingerprint density at radius 1 is 1.35 bits per heavy atom. The number of amides is 1. The molecule has 1 rings (SSSR count). The van der Waals surface area contributed by atoms with Gasteiger partial charge in [-0.2, -0.15) is 0 Å². The van der Waals surface area contributed by atoms with Gasteiger partial charge in [-0.3, -0.25) is 4.79 Å². The van der Waals surface area contributed by atoms with Gasteiger partial charge in [0, 0.05) is 6.54 Å². The van der Waals surface area contributed by atoms with Crippen LogP contribution in [0.1, 0.15) is 40.0 Å². The van der Waals surface area contributed by atoms with E-state index in [-0.39, 0.29) is 11.9 Å². The SMILES string of the molecule is C=CC(=O)N1CCCC[C@@H]1C(=O)OC(C)(C)C. The van der Waals surface area contributed by atoms with Crippen LogP contribution in [0.5, 0.6) is 0 Å². The Hall–Kier alpha value is -1.32. The number of ether oxygens (including phenoxy) is 1. The molecule has 0 aromatic rings. The average molecular weight is 239 g/mol. The number of esters is 1. The summed E-state index contributed by atoms with van der Waals surface area (Å²) in [7, 11) is 0. The lowest BCUT2D eigenvalue weighted by molar-refractivity contribution is -0.165. The Morgan fingerprint density at radius 3 is 2.53 bits per heavy atom. The van der Waals surface area contributed by atoms with Crippen LogP contribution in [-0.2, 0) is 14.3 Å². The number of rotatable bonds is 2. The van der Waals surface area contributed by atoms with E-state index in [2.05, 4.69) is 6.58 Å². The molecular weight excluding hydrogens is 218 g/mol. The molecule has 1 saturated heterocycles. The summed E-state index contributed by atoms with van der Waals surface area (Å²) >= 11 is 0. The van der Waals surface area contributed by atoms with Crippen molar-refractivity contribution in [1.82, 2.24) is 4.90 Å². The van der Waals surface area contributed by atoms with E-state index in [4.69, 9.17) is 4.74 Å². The lowest BCUT2D eigenvalue weighted by Gasteiger charge is -2.35. The van der Waals surface area contributed by atoms with E-state index in [1.54, 1.807) is 4.90 Å². The van der Waals surface area contributed by atoms with Gasteiger partial charge in [-0.15, -0.1) is 0 Å². The molecule has 1 aliphatic heterocycles.